The van der Waals surface area contributed by atoms with Crippen LogP contribution in [0.3, 0.4) is 0 Å². The summed E-state index contributed by atoms with van der Waals surface area (Å²) in [6, 6.07) is 4.82. The Bertz CT molecular complexity index is 451. The van der Waals surface area contributed by atoms with Crippen molar-refractivity contribution in [1.82, 2.24) is 5.32 Å². The highest BCUT2D eigenvalue weighted by molar-refractivity contribution is 6.34. The van der Waals surface area contributed by atoms with Crippen molar-refractivity contribution in [3.05, 3.63) is 28.8 Å². The Balaban J connectivity index is 1.97. The fraction of sp³-hybridized carbons (Fsp3) is 0.462. The smallest absolute Gasteiger partial charge is 0.252 e. The van der Waals surface area contributed by atoms with Crippen molar-refractivity contribution in [3.63, 3.8) is 0 Å². The fourth-order valence-electron chi connectivity index (χ4n) is 2.29. The van der Waals surface area contributed by atoms with Crippen LogP contribution in [0.4, 0.5) is 5.69 Å². The summed E-state index contributed by atoms with van der Waals surface area (Å²) in [4.78, 5) is 11.9. The minimum atomic E-state index is -0.304. The number of amides is 1. The van der Waals surface area contributed by atoms with E-state index in [1.54, 1.807) is 18.2 Å². The molecule has 1 aromatic carbocycles. The molecule has 5 heteroatoms. The highest BCUT2D eigenvalue weighted by Crippen LogP contribution is 2.25. The number of anilines is 1. The molecule has 2 rings (SSSR count). The van der Waals surface area contributed by atoms with Gasteiger partial charge in [-0.15, -0.1) is 0 Å². The van der Waals surface area contributed by atoms with Gasteiger partial charge in [0.25, 0.3) is 5.91 Å². The maximum Gasteiger partial charge on any atom is 0.252 e. The van der Waals surface area contributed by atoms with Gasteiger partial charge in [0.15, 0.2) is 0 Å². The molecule has 0 spiro atoms. The van der Waals surface area contributed by atoms with Gasteiger partial charge in [-0.2, -0.15) is 0 Å². The Kier molecular flexibility index (Phi) is 4.09. The first-order chi connectivity index (χ1) is 8.58. The third-order valence-electron chi connectivity index (χ3n) is 3.38. The molecule has 2 unspecified atom stereocenters. The number of nitrogens with one attached hydrogen (secondary N) is 1. The number of aliphatic hydroxyl groups is 1. The molecule has 0 radical (unpaired) electrons. The molecule has 1 aliphatic rings. The lowest BCUT2D eigenvalue weighted by atomic mass is 10.1. The van der Waals surface area contributed by atoms with Crippen LogP contribution in [0.25, 0.3) is 0 Å². The SMILES string of the molecule is Nc1ccc(Cl)c(C(=O)NCC2CCCC2O)c1. The van der Waals surface area contributed by atoms with Gasteiger partial charge in [0.2, 0.25) is 0 Å². The van der Waals surface area contributed by atoms with Gasteiger partial charge in [-0.25, -0.2) is 0 Å². The van der Waals surface area contributed by atoms with Gasteiger partial charge in [-0.3, -0.25) is 4.79 Å². The van der Waals surface area contributed by atoms with E-state index < -0.39 is 0 Å². The lowest BCUT2D eigenvalue weighted by molar-refractivity contribution is 0.0917. The van der Waals surface area contributed by atoms with E-state index in [0.29, 0.717) is 22.8 Å². The first kappa shape index (κ1) is 13.2. The number of aliphatic hydroxyl groups excluding tert-OH is 1. The van der Waals surface area contributed by atoms with E-state index in [4.69, 9.17) is 17.3 Å². The average Bonchev–Trinajstić information content (AvgIpc) is 2.75. The number of carbonyl (C=O) groups is 1. The third kappa shape index (κ3) is 2.94. The molecule has 18 heavy (non-hydrogen) atoms. The molecule has 1 amide bonds. The van der Waals surface area contributed by atoms with Gasteiger partial charge in [-0.05, 0) is 31.0 Å². The van der Waals surface area contributed by atoms with Crippen molar-refractivity contribution in [2.45, 2.75) is 25.4 Å². The van der Waals surface area contributed by atoms with Gasteiger partial charge in [0.05, 0.1) is 16.7 Å². The zero-order valence-corrected chi connectivity index (χ0v) is 10.8. The quantitative estimate of drug-likeness (QED) is 0.732. The zero-order chi connectivity index (χ0) is 13.1. The van der Waals surface area contributed by atoms with Gasteiger partial charge in [-0.1, -0.05) is 18.0 Å². The van der Waals surface area contributed by atoms with Crippen molar-refractivity contribution < 1.29 is 9.90 Å². The van der Waals surface area contributed by atoms with Crippen LogP contribution in [0.2, 0.25) is 5.02 Å². The molecular formula is C13H17ClN2O2. The predicted molar refractivity (Wildman–Crippen MR) is 71.5 cm³/mol. The van der Waals surface area contributed by atoms with E-state index in [1.165, 1.54) is 0 Å². The standard InChI is InChI=1S/C13H17ClN2O2/c14-11-5-4-9(15)6-10(11)13(18)16-7-8-2-1-3-12(8)17/h4-6,8,12,17H,1-3,7,15H2,(H,16,18). The molecule has 0 aliphatic heterocycles. The number of hydrogen-bond donors (Lipinski definition) is 3. The van der Waals surface area contributed by atoms with Crippen LogP contribution in [-0.4, -0.2) is 23.7 Å². The molecule has 0 bridgehead atoms. The second-order valence-electron chi connectivity index (χ2n) is 4.71. The van der Waals surface area contributed by atoms with E-state index in [9.17, 15) is 9.90 Å². The van der Waals surface area contributed by atoms with Crippen molar-refractivity contribution in [2.24, 2.45) is 5.92 Å². The predicted octanol–water partition coefficient (Wildman–Crippen LogP) is 1.81. The summed E-state index contributed by atoms with van der Waals surface area (Å²) in [6.45, 7) is 0.477. The minimum absolute atomic E-state index is 0.147. The monoisotopic (exact) mass is 268 g/mol. The van der Waals surface area contributed by atoms with Gasteiger partial charge < -0.3 is 16.2 Å². The van der Waals surface area contributed by atoms with E-state index >= 15 is 0 Å². The molecule has 0 heterocycles. The van der Waals surface area contributed by atoms with Crippen molar-refractivity contribution >= 4 is 23.2 Å². The Morgan fingerprint density at radius 1 is 1.50 bits per heavy atom. The molecule has 1 saturated carbocycles. The third-order valence-corrected chi connectivity index (χ3v) is 3.71. The highest BCUT2D eigenvalue weighted by Gasteiger charge is 2.25. The number of carbonyl (C=O) groups excluding carboxylic acids is 1. The van der Waals surface area contributed by atoms with Gasteiger partial charge >= 0.3 is 0 Å². The lowest BCUT2D eigenvalue weighted by Gasteiger charge is -2.15. The Labute approximate surface area is 111 Å². The maximum atomic E-state index is 11.9. The van der Waals surface area contributed by atoms with Crippen LogP contribution >= 0.6 is 11.6 Å². The normalized spacial score (nSPS) is 23.0. The lowest BCUT2D eigenvalue weighted by Crippen LogP contribution is -2.32. The molecule has 1 aliphatic carbocycles. The van der Waals surface area contributed by atoms with Crippen LogP contribution in [0.1, 0.15) is 29.6 Å². The molecule has 0 aromatic heterocycles. The highest BCUT2D eigenvalue weighted by atomic mass is 35.5. The van der Waals surface area contributed by atoms with Crippen LogP contribution in [0.5, 0.6) is 0 Å². The summed E-state index contributed by atoms with van der Waals surface area (Å²) < 4.78 is 0. The Hall–Kier alpha value is -1.26. The number of nitrogens with two attached hydrogens (primary N) is 1. The number of rotatable bonds is 3. The zero-order valence-electron chi connectivity index (χ0n) is 10.0. The summed E-state index contributed by atoms with van der Waals surface area (Å²) in [5.74, 6) is -0.0971. The summed E-state index contributed by atoms with van der Waals surface area (Å²) >= 11 is 5.95. The van der Waals surface area contributed by atoms with Crippen LogP contribution < -0.4 is 11.1 Å². The Morgan fingerprint density at radius 2 is 2.28 bits per heavy atom. The van der Waals surface area contributed by atoms with Crippen LogP contribution in [-0.2, 0) is 0 Å². The van der Waals surface area contributed by atoms with E-state index in [-0.39, 0.29) is 17.9 Å². The molecule has 4 N–H and O–H groups in total. The number of halogens is 1. The second-order valence-corrected chi connectivity index (χ2v) is 5.11. The van der Waals surface area contributed by atoms with Crippen molar-refractivity contribution in [2.75, 3.05) is 12.3 Å². The van der Waals surface area contributed by atoms with E-state index in [1.807, 2.05) is 0 Å². The molecule has 2 atom stereocenters. The fourth-order valence-corrected chi connectivity index (χ4v) is 2.49. The number of nitrogen functional groups attached to an aromatic ring is 1. The Morgan fingerprint density at radius 3 is 2.94 bits per heavy atom. The van der Waals surface area contributed by atoms with Crippen molar-refractivity contribution in [1.29, 1.82) is 0 Å². The summed E-state index contributed by atoms with van der Waals surface area (Å²) in [6.07, 6.45) is 2.48. The molecule has 0 saturated heterocycles. The van der Waals surface area contributed by atoms with E-state index in [0.717, 1.165) is 19.3 Å². The molecular weight excluding hydrogens is 252 g/mol. The molecule has 1 fully saturated rings. The summed E-state index contributed by atoms with van der Waals surface area (Å²) in [5.41, 5.74) is 6.51. The van der Waals surface area contributed by atoms with Crippen molar-refractivity contribution in [3.8, 4) is 0 Å². The van der Waals surface area contributed by atoms with Gasteiger partial charge in [0.1, 0.15) is 0 Å². The molecule has 1 aromatic rings. The van der Waals surface area contributed by atoms with Gasteiger partial charge in [0, 0.05) is 18.2 Å². The number of hydrogen-bond acceptors (Lipinski definition) is 3. The van der Waals surface area contributed by atoms with E-state index in [2.05, 4.69) is 5.32 Å². The average molecular weight is 269 g/mol. The van der Waals surface area contributed by atoms with Crippen LogP contribution in [0.15, 0.2) is 18.2 Å². The maximum absolute atomic E-state index is 11.9. The topological polar surface area (TPSA) is 75.4 Å². The largest absolute Gasteiger partial charge is 0.399 e. The number of benzene rings is 1. The second kappa shape index (κ2) is 5.59. The minimum Gasteiger partial charge on any atom is -0.399 e. The first-order valence-corrected chi connectivity index (χ1v) is 6.47. The molecule has 4 nitrogen and oxygen atoms in total. The molecule has 98 valence electrons. The van der Waals surface area contributed by atoms with Crippen LogP contribution in [0, 0.1) is 5.92 Å². The summed E-state index contributed by atoms with van der Waals surface area (Å²) in [7, 11) is 0. The summed E-state index contributed by atoms with van der Waals surface area (Å²) in [5, 5.41) is 12.9. The first-order valence-electron chi connectivity index (χ1n) is 6.09.